The summed E-state index contributed by atoms with van der Waals surface area (Å²) < 4.78 is 9.98. The molecule has 5 nitrogen and oxygen atoms in total. The van der Waals surface area contributed by atoms with Crippen LogP contribution in [0.5, 0.6) is 0 Å². The molecule has 6 heteroatoms. The first-order chi connectivity index (χ1) is 7.31. The summed E-state index contributed by atoms with van der Waals surface area (Å²) in [4.78, 5) is 11.2. The Morgan fingerprint density at radius 1 is 1.19 bits per heavy atom. The molecule has 0 aliphatic carbocycles. The first-order valence-corrected chi connectivity index (χ1v) is 5.29. The molecule has 0 aromatic heterocycles. The Morgan fingerprint density at radius 3 is 2.56 bits per heavy atom. The lowest BCUT2D eigenvalue weighted by Crippen LogP contribution is -2.27. The van der Waals surface area contributed by atoms with Crippen LogP contribution in [0, 0.1) is 0 Å². The second-order valence-corrected chi connectivity index (χ2v) is 3.16. The molecule has 0 aromatic rings. The van der Waals surface area contributed by atoms with Crippen molar-refractivity contribution in [3.05, 3.63) is 0 Å². The van der Waals surface area contributed by atoms with Crippen LogP contribution in [0.3, 0.4) is 0 Å². The Morgan fingerprint density at radius 2 is 1.94 bits per heavy atom. The van der Waals surface area contributed by atoms with Gasteiger partial charge in [-0.05, 0) is 20.0 Å². The van der Waals surface area contributed by atoms with Gasteiger partial charge in [0.15, 0.2) is 0 Å². The molecular weight excluding hydrogens is 232 g/mol. The largest absolute Gasteiger partial charge is 0.382 e. The van der Waals surface area contributed by atoms with Crippen molar-refractivity contribution in [2.24, 2.45) is 0 Å². The van der Waals surface area contributed by atoms with Crippen LogP contribution in [0.2, 0.25) is 0 Å². The molecule has 0 spiro atoms. The van der Waals surface area contributed by atoms with Gasteiger partial charge in [0, 0.05) is 20.1 Å². The fourth-order valence-corrected chi connectivity index (χ4v) is 0.991. The van der Waals surface area contributed by atoms with Gasteiger partial charge in [-0.2, -0.15) is 0 Å². The van der Waals surface area contributed by atoms with Gasteiger partial charge in [-0.1, -0.05) is 0 Å². The van der Waals surface area contributed by atoms with Crippen molar-refractivity contribution in [1.82, 2.24) is 10.6 Å². The van der Waals surface area contributed by atoms with Crippen LogP contribution in [-0.2, 0) is 14.3 Å². The molecule has 0 saturated heterocycles. The van der Waals surface area contributed by atoms with E-state index in [9.17, 15) is 4.79 Å². The molecule has 0 radical (unpaired) electrons. The number of rotatable bonds is 10. The lowest BCUT2D eigenvalue weighted by molar-refractivity contribution is -0.122. The third-order valence-electron chi connectivity index (χ3n) is 1.83. The number of hydrogen-bond acceptors (Lipinski definition) is 4. The molecule has 0 heterocycles. The van der Waals surface area contributed by atoms with Gasteiger partial charge in [0.1, 0.15) is 0 Å². The molecule has 98 valence electrons. The van der Waals surface area contributed by atoms with E-state index < -0.39 is 0 Å². The lowest BCUT2D eigenvalue weighted by atomic mass is 10.4. The van der Waals surface area contributed by atoms with E-state index in [-0.39, 0.29) is 18.3 Å². The molecule has 2 N–H and O–H groups in total. The number of nitrogens with one attached hydrogen (secondary N) is 2. The van der Waals surface area contributed by atoms with E-state index in [0.717, 1.165) is 19.5 Å². The second-order valence-electron chi connectivity index (χ2n) is 3.16. The zero-order chi connectivity index (χ0) is 11.4. The summed E-state index contributed by atoms with van der Waals surface area (Å²) in [6, 6.07) is 0. The van der Waals surface area contributed by atoms with E-state index >= 15 is 0 Å². The summed E-state index contributed by atoms with van der Waals surface area (Å²) in [7, 11) is 3.52. The quantitative estimate of drug-likeness (QED) is 0.547. The van der Waals surface area contributed by atoms with E-state index in [4.69, 9.17) is 9.47 Å². The number of carbonyl (C=O) groups is 1. The highest BCUT2D eigenvalue weighted by Crippen LogP contribution is 1.84. The predicted molar refractivity (Wildman–Crippen MR) is 66.1 cm³/mol. The topological polar surface area (TPSA) is 59.6 Å². The summed E-state index contributed by atoms with van der Waals surface area (Å²) in [6.45, 7) is 3.22. The molecule has 0 rings (SSSR count). The average molecular weight is 255 g/mol. The van der Waals surface area contributed by atoms with E-state index in [1.54, 1.807) is 7.11 Å². The molecule has 0 bridgehead atoms. The Labute approximate surface area is 104 Å². The minimum atomic E-state index is 0. The van der Waals surface area contributed by atoms with E-state index in [2.05, 4.69) is 10.6 Å². The summed E-state index contributed by atoms with van der Waals surface area (Å²) in [5.41, 5.74) is 0. The van der Waals surface area contributed by atoms with Crippen molar-refractivity contribution in [2.45, 2.75) is 12.8 Å². The van der Waals surface area contributed by atoms with Crippen LogP contribution < -0.4 is 10.6 Å². The fraction of sp³-hybridized carbons (Fsp3) is 0.900. The van der Waals surface area contributed by atoms with Gasteiger partial charge < -0.3 is 20.1 Å². The van der Waals surface area contributed by atoms with Crippen molar-refractivity contribution in [3.63, 3.8) is 0 Å². The van der Waals surface area contributed by atoms with Crippen LogP contribution in [0.25, 0.3) is 0 Å². The Bertz CT molecular complexity index is 159. The van der Waals surface area contributed by atoms with Crippen LogP contribution in [0.15, 0.2) is 0 Å². The van der Waals surface area contributed by atoms with E-state index in [0.29, 0.717) is 26.2 Å². The smallest absolute Gasteiger partial charge is 0.222 e. The molecule has 16 heavy (non-hydrogen) atoms. The third-order valence-corrected chi connectivity index (χ3v) is 1.83. The molecule has 0 unspecified atom stereocenters. The van der Waals surface area contributed by atoms with Crippen molar-refractivity contribution >= 4 is 18.3 Å². The molecule has 1 amide bonds. The summed E-state index contributed by atoms with van der Waals surface area (Å²) in [6.07, 6.45) is 1.37. The first-order valence-electron chi connectivity index (χ1n) is 5.29. The highest BCUT2D eigenvalue weighted by Gasteiger charge is 1.99. The van der Waals surface area contributed by atoms with Crippen LogP contribution >= 0.6 is 12.4 Å². The van der Waals surface area contributed by atoms with Gasteiger partial charge in [0.2, 0.25) is 5.91 Å². The average Bonchev–Trinajstić information content (AvgIpc) is 2.24. The lowest BCUT2D eigenvalue weighted by Gasteiger charge is -2.05. The Hall–Kier alpha value is -0.360. The maximum absolute atomic E-state index is 11.2. The number of hydrogen-bond donors (Lipinski definition) is 2. The Kier molecular flexibility index (Phi) is 16.5. The molecular formula is C10H23ClN2O3. The number of amides is 1. The van der Waals surface area contributed by atoms with Gasteiger partial charge >= 0.3 is 0 Å². The normalized spacial score (nSPS) is 9.62. The van der Waals surface area contributed by atoms with Gasteiger partial charge in [-0.3, -0.25) is 4.79 Å². The predicted octanol–water partition coefficient (Wildman–Crippen LogP) is 0.187. The number of carbonyl (C=O) groups excluding carboxylic acids is 1. The highest BCUT2D eigenvalue weighted by atomic mass is 35.5. The van der Waals surface area contributed by atoms with Gasteiger partial charge in [0.25, 0.3) is 0 Å². The SMILES string of the molecule is CNCCCNC(=O)CCOCCOC.Cl. The minimum Gasteiger partial charge on any atom is -0.382 e. The molecule has 0 fully saturated rings. The third kappa shape index (κ3) is 13.6. The molecule has 0 aromatic carbocycles. The standard InChI is InChI=1S/C10H22N2O3.ClH/c1-11-5-3-6-12-10(13)4-7-15-9-8-14-2;/h11H,3-9H2,1-2H3,(H,12,13);1H. The summed E-state index contributed by atoms with van der Waals surface area (Å²) in [5.74, 6) is 0.0449. The van der Waals surface area contributed by atoms with Crippen LogP contribution in [0.4, 0.5) is 0 Å². The number of ether oxygens (including phenoxy) is 2. The summed E-state index contributed by atoms with van der Waals surface area (Å²) >= 11 is 0. The Balaban J connectivity index is 0. The fourth-order valence-electron chi connectivity index (χ4n) is 0.991. The second kappa shape index (κ2) is 14.6. The van der Waals surface area contributed by atoms with Crippen molar-refractivity contribution in [3.8, 4) is 0 Å². The van der Waals surface area contributed by atoms with Crippen LogP contribution in [0.1, 0.15) is 12.8 Å². The highest BCUT2D eigenvalue weighted by molar-refractivity contribution is 5.85. The molecule has 0 atom stereocenters. The zero-order valence-electron chi connectivity index (χ0n) is 10.1. The van der Waals surface area contributed by atoms with Crippen molar-refractivity contribution in [2.75, 3.05) is 47.1 Å². The minimum absolute atomic E-state index is 0. The van der Waals surface area contributed by atoms with Crippen LogP contribution in [-0.4, -0.2) is 53.0 Å². The van der Waals surface area contributed by atoms with Crippen molar-refractivity contribution < 1.29 is 14.3 Å². The zero-order valence-corrected chi connectivity index (χ0v) is 10.9. The van der Waals surface area contributed by atoms with E-state index in [1.807, 2.05) is 7.05 Å². The molecule has 0 aliphatic rings. The van der Waals surface area contributed by atoms with Gasteiger partial charge in [0.05, 0.1) is 19.8 Å². The van der Waals surface area contributed by atoms with Gasteiger partial charge in [-0.15, -0.1) is 12.4 Å². The maximum Gasteiger partial charge on any atom is 0.222 e. The van der Waals surface area contributed by atoms with Crippen molar-refractivity contribution in [1.29, 1.82) is 0 Å². The molecule has 0 aliphatic heterocycles. The summed E-state index contributed by atoms with van der Waals surface area (Å²) in [5, 5.41) is 5.84. The number of halogens is 1. The molecule has 0 saturated carbocycles. The van der Waals surface area contributed by atoms with Gasteiger partial charge in [-0.25, -0.2) is 0 Å². The number of methoxy groups -OCH3 is 1. The van der Waals surface area contributed by atoms with E-state index in [1.165, 1.54) is 0 Å². The monoisotopic (exact) mass is 254 g/mol. The first kappa shape index (κ1) is 18.0. The maximum atomic E-state index is 11.2.